The number of benzene rings is 2. The molecule has 6 heteroatoms. The van der Waals surface area contributed by atoms with Crippen molar-refractivity contribution in [3.63, 3.8) is 0 Å². The van der Waals surface area contributed by atoms with E-state index in [1.807, 2.05) is 30.0 Å². The van der Waals surface area contributed by atoms with Crippen LogP contribution in [0.2, 0.25) is 0 Å². The van der Waals surface area contributed by atoms with Gasteiger partial charge in [0.2, 0.25) is 0 Å². The highest BCUT2D eigenvalue weighted by molar-refractivity contribution is 5.98. The van der Waals surface area contributed by atoms with Gasteiger partial charge in [0.15, 0.2) is 0 Å². The molecule has 2 aromatic rings. The molecule has 1 N–H and O–H groups in total. The topological polar surface area (TPSA) is 55.9 Å². The van der Waals surface area contributed by atoms with E-state index in [0.29, 0.717) is 24.6 Å². The number of rotatable bonds is 5. The van der Waals surface area contributed by atoms with Crippen molar-refractivity contribution >= 4 is 17.6 Å². The minimum absolute atomic E-state index is 0.0708. The second-order valence-corrected chi connectivity index (χ2v) is 8.85. The molecule has 4 rings (SSSR count). The Morgan fingerprint density at radius 2 is 1.71 bits per heavy atom. The lowest BCUT2D eigenvalue weighted by molar-refractivity contribution is 0.0628. The van der Waals surface area contributed by atoms with Crippen LogP contribution in [0.1, 0.15) is 46.8 Å². The number of amides is 3. The van der Waals surface area contributed by atoms with Crippen LogP contribution in [0.15, 0.2) is 42.5 Å². The monoisotopic (exact) mass is 420 g/mol. The van der Waals surface area contributed by atoms with Gasteiger partial charge in [-0.3, -0.25) is 14.6 Å². The minimum atomic E-state index is -0.0721. The van der Waals surface area contributed by atoms with Crippen molar-refractivity contribution in [3.05, 3.63) is 64.7 Å². The number of piperazine rings is 1. The van der Waals surface area contributed by atoms with Crippen molar-refractivity contribution < 1.29 is 9.59 Å². The summed E-state index contributed by atoms with van der Waals surface area (Å²) in [7, 11) is 0. The van der Waals surface area contributed by atoms with Gasteiger partial charge in [-0.15, -0.1) is 0 Å². The van der Waals surface area contributed by atoms with E-state index in [2.05, 4.69) is 48.3 Å². The van der Waals surface area contributed by atoms with Crippen molar-refractivity contribution in [1.82, 2.24) is 15.1 Å². The zero-order valence-electron chi connectivity index (χ0n) is 18.7. The van der Waals surface area contributed by atoms with Gasteiger partial charge in [0.25, 0.3) is 5.91 Å². The number of anilines is 1. The van der Waals surface area contributed by atoms with E-state index >= 15 is 0 Å². The van der Waals surface area contributed by atoms with Crippen LogP contribution in [0, 0.1) is 6.92 Å². The molecular formula is C25H32N4O2. The Labute approximate surface area is 184 Å². The Morgan fingerprint density at radius 3 is 2.29 bits per heavy atom. The molecule has 0 aliphatic carbocycles. The maximum atomic E-state index is 13.0. The summed E-state index contributed by atoms with van der Waals surface area (Å²) in [6, 6.07) is 14.5. The third-order valence-corrected chi connectivity index (χ3v) is 6.30. The number of hydrogen-bond donors (Lipinski definition) is 1. The standard InChI is InChI=1S/C25H32N4O2/c1-18(2)21-6-4-20(5-7-21)17-27-12-14-28(15-13-27)24(30)22-8-9-23(19(3)16-22)29-11-10-26-25(29)31/h4-9,16,18H,10-15,17H2,1-3H3,(H,26,31). The summed E-state index contributed by atoms with van der Waals surface area (Å²) in [5, 5.41) is 2.82. The number of carbonyl (C=O) groups excluding carboxylic acids is 2. The molecule has 0 saturated carbocycles. The van der Waals surface area contributed by atoms with E-state index in [1.54, 1.807) is 4.90 Å². The molecule has 0 spiro atoms. The van der Waals surface area contributed by atoms with Gasteiger partial charge in [0.05, 0.1) is 0 Å². The molecule has 2 aliphatic heterocycles. The van der Waals surface area contributed by atoms with Gasteiger partial charge in [-0.25, -0.2) is 4.79 Å². The van der Waals surface area contributed by atoms with E-state index in [0.717, 1.165) is 44.0 Å². The average Bonchev–Trinajstić information content (AvgIpc) is 3.19. The molecule has 0 bridgehead atoms. The molecule has 2 saturated heterocycles. The van der Waals surface area contributed by atoms with Crippen LogP contribution in [0.4, 0.5) is 10.5 Å². The number of carbonyl (C=O) groups is 2. The van der Waals surface area contributed by atoms with Crippen molar-refractivity contribution in [2.45, 2.75) is 33.2 Å². The first-order valence-corrected chi connectivity index (χ1v) is 11.2. The molecule has 3 amide bonds. The van der Waals surface area contributed by atoms with E-state index in [9.17, 15) is 9.59 Å². The Kier molecular flexibility index (Phi) is 6.28. The molecule has 0 atom stereocenters. The SMILES string of the molecule is Cc1cc(C(=O)N2CCN(Cc3ccc(C(C)C)cc3)CC2)ccc1N1CCNC1=O. The van der Waals surface area contributed by atoms with Crippen LogP contribution in [0.3, 0.4) is 0 Å². The molecule has 164 valence electrons. The lowest BCUT2D eigenvalue weighted by atomic mass is 10.0. The zero-order valence-corrected chi connectivity index (χ0v) is 18.7. The highest BCUT2D eigenvalue weighted by atomic mass is 16.2. The van der Waals surface area contributed by atoms with Crippen LogP contribution in [-0.4, -0.2) is 61.0 Å². The fraction of sp³-hybridized carbons (Fsp3) is 0.440. The molecule has 2 fully saturated rings. The first-order chi connectivity index (χ1) is 14.9. The van der Waals surface area contributed by atoms with Gasteiger partial charge >= 0.3 is 6.03 Å². The van der Waals surface area contributed by atoms with Gasteiger partial charge < -0.3 is 10.2 Å². The number of aryl methyl sites for hydroxylation is 1. The fourth-order valence-electron chi connectivity index (χ4n) is 4.35. The van der Waals surface area contributed by atoms with E-state index in [-0.39, 0.29) is 11.9 Å². The Hall–Kier alpha value is -2.86. The number of nitrogens with zero attached hydrogens (tertiary/aromatic N) is 3. The first-order valence-electron chi connectivity index (χ1n) is 11.2. The Balaban J connectivity index is 1.33. The van der Waals surface area contributed by atoms with Crippen molar-refractivity contribution in [1.29, 1.82) is 0 Å². The quantitative estimate of drug-likeness (QED) is 0.804. The lowest BCUT2D eigenvalue weighted by Crippen LogP contribution is -2.48. The molecule has 0 radical (unpaired) electrons. The Morgan fingerprint density at radius 1 is 1.00 bits per heavy atom. The third-order valence-electron chi connectivity index (χ3n) is 6.30. The minimum Gasteiger partial charge on any atom is -0.336 e. The van der Waals surface area contributed by atoms with Gasteiger partial charge in [-0.05, 0) is 47.7 Å². The molecule has 2 aliphatic rings. The Bertz CT molecular complexity index is 946. The number of nitrogens with one attached hydrogen (secondary N) is 1. The summed E-state index contributed by atoms with van der Waals surface area (Å²) < 4.78 is 0. The number of hydrogen-bond acceptors (Lipinski definition) is 3. The van der Waals surface area contributed by atoms with Gasteiger partial charge in [0.1, 0.15) is 0 Å². The molecule has 2 heterocycles. The van der Waals surface area contributed by atoms with Crippen molar-refractivity contribution in [3.8, 4) is 0 Å². The van der Waals surface area contributed by atoms with E-state index in [1.165, 1.54) is 11.1 Å². The van der Waals surface area contributed by atoms with Gasteiger partial charge in [-0.2, -0.15) is 0 Å². The lowest BCUT2D eigenvalue weighted by Gasteiger charge is -2.35. The molecule has 0 unspecified atom stereocenters. The maximum absolute atomic E-state index is 13.0. The second kappa shape index (κ2) is 9.10. The van der Waals surface area contributed by atoms with Crippen LogP contribution in [0.5, 0.6) is 0 Å². The highest BCUT2D eigenvalue weighted by Gasteiger charge is 2.25. The molecule has 0 aromatic heterocycles. The molecule has 31 heavy (non-hydrogen) atoms. The predicted molar refractivity (Wildman–Crippen MR) is 124 cm³/mol. The van der Waals surface area contributed by atoms with Crippen LogP contribution in [-0.2, 0) is 6.54 Å². The van der Waals surface area contributed by atoms with Crippen LogP contribution < -0.4 is 10.2 Å². The zero-order chi connectivity index (χ0) is 22.0. The van der Waals surface area contributed by atoms with E-state index in [4.69, 9.17) is 0 Å². The maximum Gasteiger partial charge on any atom is 0.322 e. The smallest absolute Gasteiger partial charge is 0.322 e. The van der Waals surface area contributed by atoms with Gasteiger partial charge in [-0.1, -0.05) is 38.1 Å². The summed E-state index contributed by atoms with van der Waals surface area (Å²) in [4.78, 5) is 31.0. The second-order valence-electron chi connectivity index (χ2n) is 8.85. The summed E-state index contributed by atoms with van der Waals surface area (Å²) in [5.74, 6) is 0.621. The molecule has 6 nitrogen and oxygen atoms in total. The van der Waals surface area contributed by atoms with Gasteiger partial charge in [0, 0.05) is 57.1 Å². The normalized spacial score (nSPS) is 17.4. The van der Waals surface area contributed by atoms with Crippen LogP contribution >= 0.6 is 0 Å². The van der Waals surface area contributed by atoms with Crippen molar-refractivity contribution in [2.75, 3.05) is 44.2 Å². The molecule has 2 aromatic carbocycles. The average molecular weight is 421 g/mol. The van der Waals surface area contributed by atoms with Crippen molar-refractivity contribution in [2.24, 2.45) is 0 Å². The number of urea groups is 1. The first kappa shape index (κ1) is 21.4. The summed E-state index contributed by atoms with van der Waals surface area (Å²) in [6.07, 6.45) is 0. The fourth-order valence-corrected chi connectivity index (χ4v) is 4.35. The predicted octanol–water partition coefficient (Wildman–Crippen LogP) is 3.61. The van der Waals surface area contributed by atoms with E-state index < -0.39 is 0 Å². The summed E-state index contributed by atoms with van der Waals surface area (Å²) >= 11 is 0. The summed E-state index contributed by atoms with van der Waals surface area (Å²) in [6.45, 7) is 11.8. The molecular weight excluding hydrogens is 388 g/mol. The third kappa shape index (κ3) is 4.74. The highest BCUT2D eigenvalue weighted by Crippen LogP contribution is 2.24. The summed E-state index contributed by atoms with van der Waals surface area (Å²) in [5.41, 5.74) is 5.21. The van der Waals surface area contributed by atoms with Crippen LogP contribution in [0.25, 0.3) is 0 Å². The largest absolute Gasteiger partial charge is 0.336 e.